The second kappa shape index (κ2) is 7.39. The Bertz CT molecular complexity index is 1050. The maximum atomic E-state index is 13.8. The molecule has 3 aromatic heterocycles. The highest BCUT2D eigenvalue weighted by Crippen LogP contribution is 2.36. The number of likely N-dealkylation sites (tertiary alicyclic amines) is 1. The van der Waals surface area contributed by atoms with E-state index in [1.807, 2.05) is 13.8 Å². The van der Waals surface area contributed by atoms with Gasteiger partial charge in [-0.15, -0.1) is 11.3 Å². The summed E-state index contributed by atoms with van der Waals surface area (Å²) in [7, 11) is 0. The number of halogens is 4. The van der Waals surface area contributed by atoms with Crippen LogP contribution in [0, 0.1) is 0 Å². The van der Waals surface area contributed by atoms with Crippen molar-refractivity contribution in [2.45, 2.75) is 51.4 Å². The van der Waals surface area contributed by atoms with Crippen molar-refractivity contribution in [2.75, 3.05) is 0 Å². The lowest BCUT2D eigenvalue weighted by Crippen LogP contribution is -2.47. The number of carbonyl (C=O) groups is 1. The summed E-state index contributed by atoms with van der Waals surface area (Å²) in [5.74, 6) is -0.382. The number of amides is 1. The van der Waals surface area contributed by atoms with Crippen LogP contribution in [-0.4, -0.2) is 37.5 Å². The highest BCUT2D eigenvalue weighted by Gasteiger charge is 2.38. The van der Waals surface area contributed by atoms with E-state index in [2.05, 4.69) is 26.0 Å². The zero-order valence-electron chi connectivity index (χ0n) is 15.7. The molecule has 4 rings (SSSR count). The van der Waals surface area contributed by atoms with Crippen LogP contribution in [0.5, 0.6) is 0 Å². The van der Waals surface area contributed by atoms with E-state index in [0.717, 1.165) is 25.3 Å². The first-order valence-electron chi connectivity index (χ1n) is 9.21. The van der Waals surface area contributed by atoms with E-state index >= 15 is 0 Å². The largest absolute Gasteiger partial charge is 0.433 e. The van der Waals surface area contributed by atoms with Gasteiger partial charge in [0.1, 0.15) is 0 Å². The summed E-state index contributed by atoms with van der Waals surface area (Å²) in [6.07, 6.45) is -1.92. The lowest BCUT2D eigenvalue weighted by atomic mass is 9.97. The van der Waals surface area contributed by atoms with Gasteiger partial charge in [-0.2, -0.15) is 18.3 Å². The fourth-order valence-corrected chi connectivity index (χ4v) is 5.02. The van der Waals surface area contributed by atoms with Crippen LogP contribution in [0.2, 0.25) is 0 Å². The van der Waals surface area contributed by atoms with Crippen molar-refractivity contribution in [1.29, 1.82) is 0 Å². The van der Waals surface area contributed by atoms with Gasteiger partial charge in [-0.25, -0.2) is 9.50 Å². The number of aromatic nitrogens is 3. The fourth-order valence-electron chi connectivity index (χ4n) is 3.82. The Morgan fingerprint density at radius 1 is 1.28 bits per heavy atom. The molecule has 0 N–H and O–H groups in total. The lowest BCUT2D eigenvalue weighted by molar-refractivity contribution is -0.142. The van der Waals surface area contributed by atoms with Crippen molar-refractivity contribution in [3.63, 3.8) is 0 Å². The maximum Gasteiger partial charge on any atom is 0.433 e. The smallest absolute Gasteiger partial charge is 0.332 e. The number of thiophene rings is 1. The average Bonchev–Trinajstić information content (AvgIpc) is 3.28. The minimum absolute atomic E-state index is 0.000289. The van der Waals surface area contributed by atoms with Gasteiger partial charge in [0.2, 0.25) is 0 Å². The molecule has 1 aliphatic rings. The molecule has 29 heavy (non-hydrogen) atoms. The van der Waals surface area contributed by atoms with Crippen molar-refractivity contribution >= 4 is 38.8 Å². The second-order valence-electron chi connectivity index (χ2n) is 7.24. The summed E-state index contributed by atoms with van der Waals surface area (Å²) in [4.78, 5) is 19.9. The van der Waals surface area contributed by atoms with E-state index in [4.69, 9.17) is 0 Å². The van der Waals surface area contributed by atoms with Crippen molar-refractivity contribution in [3.05, 3.63) is 39.4 Å². The molecular formula is C19H18BrF3N4OS. The van der Waals surface area contributed by atoms with Crippen LogP contribution >= 0.6 is 27.3 Å². The molecule has 0 aliphatic carbocycles. The highest BCUT2D eigenvalue weighted by atomic mass is 79.9. The van der Waals surface area contributed by atoms with E-state index in [1.54, 1.807) is 22.4 Å². The Morgan fingerprint density at radius 3 is 2.55 bits per heavy atom. The van der Waals surface area contributed by atoms with Crippen LogP contribution in [0.4, 0.5) is 13.2 Å². The predicted molar refractivity (Wildman–Crippen MR) is 108 cm³/mol. The van der Waals surface area contributed by atoms with Crippen LogP contribution in [-0.2, 0) is 6.18 Å². The Labute approximate surface area is 177 Å². The van der Waals surface area contributed by atoms with Gasteiger partial charge >= 0.3 is 6.18 Å². The van der Waals surface area contributed by atoms with E-state index in [1.165, 1.54) is 11.3 Å². The summed E-state index contributed by atoms with van der Waals surface area (Å²) in [6, 6.07) is 4.42. The number of alkyl halides is 3. The zero-order chi connectivity index (χ0) is 20.9. The van der Waals surface area contributed by atoms with Gasteiger partial charge < -0.3 is 4.90 Å². The molecule has 4 heterocycles. The van der Waals surface area contributed by atoms with Crippen molar-refractivity contribution in [1.82, 2.24) is 19.5 Å². The molecule has 2 atom stereocenters. The average molecular weight is 487 g/mol. The quantitative estimate of drug-likeness (QED) is 0.470. The number of hydrogen-bond donors (Lipinski definition) is 0. The van der Waals surface area contributed by atoms with E-state index in [0.29, 0.717) is 9.39 Å². The molecule has 1 aliphatic heterocycles. The van der Waals surface area contributed by atoms with Crippen molar-refractivity contribution in [3.8, 4) is 10.6 Å². The maximum absolute atomic E-state index is 13.8. The molecule has 0 bridgehead atoms. The SMILES string of the molecule is C[C@H]1CCC[C@H](C)N1C(=O)c1nn2c(C(F)(F)F)cc(-c3cccs3)nc2c1Br. The summed E-state index contributed by atoms with van der Waals surface area (Å²) >= 11 is 4.60. The van der Waals surface area contributed by atoms with Crippen LogP contribution < -0.4 is 0 Å². The fraction of sp³-hybridized carbons (Fsp3) is 0.421. The molecule has 5 nitrogen and oxygen atoms in total. The molecule has 1 fully saturated rings. The first kappa shape index (κ1) is 20.3. The normalized spacial score (nSPS) is 20.4. The van der Waals surface area contributed by atoms with Gasteiger partial charge in [-0.05, 0) is 66.6 Å². The standard InChI is InChI=1S/C19H18BrF3N4OS/c1-10-5-3-6-11(2)26(10)18(28)16-15(20)17-24-12(13-7-4-8-29-13)9-14(19(21,22)23)27(17)25-16/h4,7-11H,3,5-6H2,1-2H3/t10-,11-/m0/s1. The zero-order valence-corrected chi connectivity index (χ0v) is 18.1. The van der Waals surface area contributed by atoms with E-state index in [-0.39, 0.29) is 39.5 Å². The molecule has 1 amide bonds. The number of nitrogens with zero attached hydrogens (tertiary/aromatic N) is 4. The van der Waals surface area contributed by atoms with Gasteiger partial charge in [0.25, 0.3) is 5.91 Å². The molecule has 1 saturated heterocycles. The van der Waals surface area contributed by atoms with Gasteiger partial charge in [-0.3, -0.25) is 4.79 Å². The molecule has 154 valence electrons. The minimum Gasteiger partial charge on any atom is -0.332 e. The number of carbonyl (C=O) groups excluding carboxylic acids is 1. The molecule has 0 spiro atoms. The minimum atomic E-state index is -4.65. The van der Waals surface area contributed by atoms with Gasteiger partial charge in [0.05, 0.1) is 15.0 Å². The third kappa shape index (κ3) is 3.56. The molecule has 0 unspecified atom stereocenters. The van der Waals surface area contributed by atoms with E-state index in [9.17, 15) is 18.0 Å². The molecule has 0 saturated carbocycles. The third-order valence-corrected chi connectivity index (χ3v) is 6.85. The van der Waals surface area contributed by atoms with Gasteiger partial charge in [0, 0.05) is 12.1 Å². The summed E-state index contributed by atoms with van der Waals surface area (Å²) in [6.45, 7) is 3.90. The highest BCUT2D eigenvalue weighted by molar-refractivity contribution is 9.10. The summed E-state index contributed by atoms with van der Waals surface area (Å²) in [5.41, 5.74) is -0.847. The predicted octanol–water partition coefficient (Wildman–Crippen LogP) is 5.64. The van der Waals surface area contributed by atoms with Crippen LogP contribution in [0.25, 0.3) is 16.2 Å². The van der Waals surface area contributed by atoms with E-state index < -0.39 is 11.9 Å². The summed E-state index contributed by atoms with van der Waals surface area (Å²) < 4.78 is 42.2. The Balaban J connectivity index is 1.89. The number of rotatable bonds is 2. The second-order valence-corrected chi connectivity index (χ2v) is 8.98. The van der Waals surface area contributed by atoms with Crippen LogP contribution in [0.3, 0.4) is 0 Å². The Kier molecular flexibility index (Phi) is 5.18. The molecule has 10 heteroatoms. The topological polar surface area (TPSA) is 50.5 Å². The van der Waals surface area contributed by atoms with Crippen LogP contribution in [0.1, 0.15) is 49.3 Å². The molecule has 0 radical (unpaired) electrons. The molecule has 0 aromatic carbocycles. The van der Waals surface area contributed by atoms with Gasteiger partial charge in [-0.1, -0.05) is 6.07 Å². The number of hydrogen-bond acceptors (Lipinski definition) is 4. The number of piperidine rings is 1. The van der Waals surface area contributed by atoms with Gasteiger partial charge in [0.15, 0.2) is 17.0 Å². The lowest BCUT2D eigenvalue weighted by Gasteiger charge is -2.38. The first-order valence-corrected chi connectivity index (χ1v) is 10.9. The molecular weight excluding hydrogens is 469 g/mol. The number of fused-ring (bicyclic) bond motifs is 1. The van der Waals surface area contributed by atoms with Crippen molar-refractivity contribution < 1.29 is 18.0 Å². The van der Waals surface area contributed by atoms with Crippen LogP contribution in [0.15, 0.2) is 28.1 Å². The Hall–Kier alpha value is -1.94. The van der Waals surface area contributed by atoms with Crippen molar-refractivity contribution in [2.24, 2.45) is 0 Å². The third-order valence-electron chi connectivity index (χ3n) is 5.23. The monoisotopic (exact) mass is 486 g/mol. The Morgan fingerprint density at radius 2 is 1.97 bits per heavy atom. The first-order chi connectivity index (χ1) is 13.7. The molecule has 3 aromatic rings. The summed E-state index contributed by atoms with van der Waals surface area (Å²) in [5, 5.41) is 5.82.